The van der Waals surface area contributed by atoms with Gasteiger partial charge in [0.1, 0.15) is 11.1 Å². The predicted octanol–water partition coefficient (Wildman–Crippen LogP) is 3.10. The van der Waals surface area contributed by atoms with Crippen molar-refractivity contribution in [3.8, 4) is 6.07 Å². The van der Waals surface area contributed by atoms with E-state index in [1.165, 1.54) is 24.2 Å². The Balaban J connectivity index is 1.62. The van der Waals surface area contributed by atoms with Gasteiger partial charge >= 0.3 is 0 Å². The monoisotopic (exact) mass is 303 g/mol. The van der Waals surface area contributed by atoms with E-state index < -0.39 is 0 Å². The molecule has 0 saturated carbocycles. The van der Waals surface area contributed by atoms with Gasteiger partial charge in [-0.15, -0.1) is 11.3 Å². The van der Waals surface area contributed by atoms with Crippen LogP contribution in [0.3, 0.4) is 0 Å². The summed E-state index contributed by atoms with van der Waals surface area (Å²) in [5.74, 6) is 0.537. The highest BCUT2D eigenvalue weighted by atomic mass is 32.1. The minimum Gasteiger partial charge on any atom is -0.317 e. The zero-order valence-electron chi connectivity index (χ0n) is 12.5. The molecule has 0 aliphatic carbocycles. The van der Waals surface area contributed by atoms with Gasteiger partial charge < -0.3 is 10.6 Å². The molecule has 2 saturated heterocycles. The number of nitriles is 1. The molecule has 2 aliphatic heterocycles. The number of rotatable bonds is 3. The minimum atomic E-state index is 0.0547. The molecule has 2 aliphatic rings. The first-order chi connectivity index (χ1) is 10.1. The molecular formula is C16H21N3OS. The third-order valence-electron chi connectivity index (χ3n) is 4.79. The Morgan fingerprint density at radius 3 is 2.67 bits per heavy atom. The fourth-order valence-corrected chi connectivity index (χ4v) is 4.66. The van der Waals surface area contributed by atoms with Crippen molar-refractivity contribution in [1.29, 1.82) is 5.26 Å². The Labute approximate surface area is 129 Å². The largest absolute Gasteiger partial charge is 0.317 e. The topological polar surface area (TPSA) is 64.9 Å². The first-order valence-corrected chi connectivity index (χ1v) is 8.44. The van der Waals surface area contributed by atoms with E-state index in [0.29, 0.717) is 30.0 Å². The smallest absolute Gasteiger partial charge is 0.225 e. The van der Waals surface area contributed by atoms with Gasteiger partial charge in [0.2, 0.25) is 5.91 Å². The molecule has 112 valence electrons. The number of fused-ring (bicyclic) bond motifs is 2. The molecular weight excluding hydrogens is 282 g/mol. The molecule has 1 amide bonds. The summed E-state index contributed by atoms with van der Waals surface area (Å²) in [6, 6.07) is 3.43. The van der Waals surface area contributed by atoms with E-state index in [9.17, 15) is 10.1 Å². The van der Waals surface area contributed by atoms with Crippen LogP contribution in [-0.2, 0) is 4.79 Å². The number of hydrogen-bond acceptors (Lipinski definition) is 4. The normalized spacial score (nSPS) is 27.4. The highest BCUT2D eigenvalue weighted by Gasteiger charge is 2.34. The van der Waals surface area contributed by atoms with E-state index in [2.05, 4.69) is 16.7 Å². The van der Waals surface area contributed by atoms with Gasteiger partial charge in [-0.05, 0) is 51.0 Å². The first kappa shape index (κ1) is 14.6. The fraction of sp³-hybridized carbons (Fsp3) is 0.625. The van der Waals surface area contributed by atoms with Gasteiger partial charge in [-0.1, -0.05) is 0 Å². The summed E-state index contributed by atoms with van der Waals surface area (Å²) in [6.07, 6.45) is 5.31. The number of amides is 1. The Hall–Kier alpha value is -1.38. The molecule has 1 aromatic rings. The SMILES string of the molecule is Cc1sc(NC(=O)CC2CC3CCC(C2)N3)c(C#N)c1C. The Bertz CT molecular complexity index is 589. The highest BCUT2D eigenvalue weighted by Crippen LogP contribution is 2.34. The van der Waals surface area contributed by atoms with Crippen molar-refractivity contribution in [1.82, 2.24) is 5.32 Å². The fourth-order valence-electron chi connectivity index (χ4n) is 3.63. The van der Waals surface area contributed by atoms with E-state index >= 15 is 0 Å². The number of aryl methyl sites for hydroxylation is 1. The van der Waals surface area contributed by atoms with Crippen molar-refractivity contribution >= 4 is 22.2 Å². The molecule has 0 aromatic carbocycles. The Kier molecular flexibility index (Phi) is 4.01. The van der Waals surface area contributed by atoms with E-state index in [-0.39, 0.29) is 5.91 Å². The van der Waals surface area contributed by atoms with Crippen LogP contribution < -0.4 is 10.6 Å². The lowest BCUT2D eigenvalue weighted by Crippen LogP contribution is -2.39. The third-order valence-corrected chi connectivity index (χ3v) is 5.92. The molecule has 4 nitrogen and oxygen atoms in total. The van der Waals surface area contributed by atoms with Gasteiger partial charge in [0, 0.05) is 23.4 Å². The lowest BCUT2D eigenvalue weighted by atomic mass is 9.89. The number of thiophene rings is 1. The van der Waals surface area contributed by atoms with Gasteiger partial charge in [0.05, 0.1) is 5.56 Å². The molecule has 5 heteroatoms. The van der Waals surface area contributed by atoms with Crippen molar-refractivity contribution < 1.29 is 4.79 Å². The van der Waals surface area contributed by atoms with E-state index in [1.54, 1.807) is 0 Å². The van der Waals surface area contributed by atoms with Crippen LogP contribution in [-0.4, -0.2) is 18.0 Å². The Morgan fingerprint density at radius 2 is 2.05 bits per heavy atom. The summed E-state index contributed by atoms with van der Waals surface area (Å²) in [5.41, 5.74) is 1.61. The van der Waals surface area contributed by atoms with Crippen LogP contribution in [0.4, 0.5) is 5.00 Å². The Morgan fingerprint density at radius 1 is 1.38 bits per heavy atom. The summed E-state index contributed by atoms with van der Waals surface area (Å²) in [5, 5.41) is 16.5. The number of piperidine rings is 1. The summed E-state index contributed by atoms with van der Waals surface area (Å²) in [4.78, 5) is 13.4. The van der Waals surface area contributed by atoms with Crippen molar-refractivity contribution in [2.75, 3.05) is 5.32 Å². The van der Waals surface area contributed by atoms with Crippen molar-refractivity contribution in [3.05, 3.63) is 16.0 Å². The maximum Gasteiger partial charge on any atom is 0.225 e. The average molecular weight is 303 g/mol. The molecule has 21 heavy (non-hydrogen) atoms. The molecule has 2 bridgehead atoms. The standard InChI is InChI=1S/C16H21N3OS/c1-9-10(2)21-16(14(9)8-17)19-15(20)7-11-5-12-3-4-13(6-11)18-12/h11-13,18H,3-7H2,1-2H3,(H,19,20). The lowest BCUT2D eigenvalue weighted by Gasteiger charge is -2.28. The van der Waals surface area contributed by atoms with Gasteiger partial charge in [0.25, 0.3) is 0 Å². The predicted molar refractivity (Wildman–Crippen MR) is 84.4 cm³/mol. The molecule has 3 rings (SSSR count). The van der Waals surface area contributed by atoms with Crippen LogP contribution in [0.15, 0.2) is 0 Å². The van der Waals surface area contributed by atoms with Crippen LogP contribution in [0.25, 0.3) is 0 Å². The van der Waals surface area contributed by atoms with Crippen molar-refractivity contribution in [2.24, 2.45) is 5.92 Å². The van der Waals surface area contributed by atoms with Gasteiger partial charge in [-0.3, -0.25) is 4.79 Å². The zero-order chi connectivity index (χ0) is 15.0. The summed E-state index contributed by atoms with van der Waals surface area (Å²) >= 11 is 1.50. The van der Waals surface area contributed by atoms with Crippen molar-refractivity contribution in [3.63, 3.8) is 0 Å². The van der Waals surface area contributed by atoms with Gasteiger partial charge in [-0.25, -0.2) is 0 Å². The number of carbonyl (C=O) groups is 1. The van der Waals surface area contributed by atoms with Crippen LogP contribution >= 0.6 is 11.3 Å². The number of anilines is 1. The van der Waals surface area contributed by atoms with Crippen LogP contribution in [0.5, 0.6) is 0 Å². The van der Waals surface area contributed by atoms with E-state index in [1.807, 2.05) is 13.8 Å². The maximum absolute atomic E-state index is 12.3. The summed E-state index contributed by atoms with van der Waals surface area (Å²) in [6.45, 7) is 3.92. The van der Waals surface area contributed by atoms with Crippen LogP contribution in [0.2, 0.25) is 0 Å². The van der Waals surface area contributed by atoms with E-state index in [4.69, 9.17) is 0 Å². The van der Waals surface area contributed by atoms with Gasteiger partial charge in [-0.2, -0.15) is 5.26 Å². The molecule has 2 fully saturated rings. The van der Waals surface area contributed by atoms with Gasteiger partial charge in [0.15, 0.2) is 0 Å². The second-order valence-corrected chi connectivity index (χ2v) is 7.55. The number of hydrogen-bond donors (Lipinski definition) is 2. The second-order valence-electron chi connectivity index (χ2n) is 6.33. The average Bonchev–Trinajstić information content (AvgIpc) is 2.90. The molecule has 0 spiro atoms. The number of nitrogens with zero attached hydrogens (tertiary/aromatic N) is 1. The molecule has 2 N–H and O–H groups in total. The molecule has 1 aromatic heterocycles. The summed E-state index contributed by atoms with van der Waals surface area (Å²) < 4.78 is 0. The maximum atomic E-state index is 12.3. The lowest BCUT2D eigenvalue weighted by molar-refractivity contribution is -0.117. The van der Waals surface area contributed by atoms with E-state index in [0.717, 1.165) is 28.3 Å². The number of nitrogens with one attached hydrogen (secondary N) is 2. The molecule has 3 heterocycles. The van der Waals surface area contributed by atoms with Crippen LogP contribution in [0.1, 0.15) is 48.1 Å². The van der Waals surface area contributed by atoms with Crippen molar-refractivity contribution in [2.45, 2.75) is 58.0 Å². The highest BCUT2D eigenvalue weighted by molar-refractivity contribution is 7.16. The van der Waals surface area contributed by atoms with Crippen LogP contribution in [0, 0.1) is 31.1 Å². The summed E-state index contributed by atoms with van der Waals surface area (Å²) in [7, 11) is 0. The molecule has 2 atom stereocenters. The first-order valence-electron chi connectivity index (χ1n) is 7.62. The number of carbonyl (C=O) groups excluding carboxylic acids is 1. The quantitative estimate of drug-likeness (QED) is 0.902. The minimum absolute atomic E-state index is 0.0547. The second kappa shape index (κ2) is 5.78. The molecule has 2 unspecified atom stereocenters. The molecule has 0 radical (unpaired) electrons. The third kappa shape index (κ3) is 2.97. The zero-order valence-corrected chi connectivity index (χ0v) is 13.3.